The van der Waals surface area contributed by atoms with Crippen molar-refractivity contribution in [3.63, 3.8) is 0 Å². The minimum atomic E-state index is -1.02. The first-order valence-corrected chi connectivity index (χ1v) is 4.25. The fourth-order valence-corrected chi connectivity index (χ4v) is 1.21. The summed E-state index contributed by atoms with van der Waals surface area (Å²) in [5.41, 5.74) is 0.468. The highest BCUT2D eigenvalue weighted by Gasteiger charge is 2.13. The van der Waals surface area contributed by atoms with Gasteiger partial charge < -0.3 is 4.74 Å². The third-order valence-electron chi connectivity index (χ3n) is 1.89. The van der Waals surface area contributed by atoms with Gasteiger partial charge in [0.25, 0.3) is 0 Å². The molecular weight excluding hydrogens is 204 g/mol. The van der Waals surface area contributed by atoms with E-state index in [1.54, 1.807) is 0 Å². The summed E-state index contributed by atoms with van der Waals surface area (Å²) in [5.74, 6) is -2.13. The van der Waals surface area contributed by atoms with E-state index in [1.807, 2.05) is 0 Å². The lowest BCUT2D eigenvalue weighted by Gasteiger charge is -2.08. The zero-order valence-electron chi connectivity index (χ0n) is 8.09. The highest BCUT2D eigenvalue weighted by atomic mass is 19.2. The zero-order chi connectivity index (χ0) is 11.3. The molecule has 0 radical (unpaired) electrons. The van der Waals surface area contributed by atoms with Crippen LogP contribution in [0.25, 0.3) is 0 Å². The molecule has 0 atom stereocenters. The first kappa shape index (κ1) is 11.3. The van der Waals surface area contributed by atoms with Crippen molar-refractivity contribution in [3.05, 3.63) is 29.3 Å². The van der Waals surface area contributed by atoms with E-state index in [4.69, 9.17) is 4.74 Å². The Labute approximate surface area is 85.4 Å². The number of aliphatic imine (C=N–C) groups is 1. The molecule has 80 valence electrons. The van der Waals surface area contributed by atoms with Gasteiger partial charge in [0.15, 0.2) is 11.6 Å². The molecule has 0 N–H and O–H groups in total. The Morgan fingerprint density at radius 3 is 2.80 bits per heavy atom. The van der Waals surface area contributed by atoms with E-state index in [1.165, 1.54) is 19.3 Å². The smallest absolute Gasteiger partial charge is 0.234 e. The molecule has 1 aromatic carbocycles. The Morgan fingerprint density at radius 1 is 1.47 bits per heavy atom. The third-order valence-corrected chi connectivity index (χ3v) is 1.89. The van der Waals surface area contributed by atoms with Gasteiger partial charge in [-0.05, 0) is 18.1 Å². The van der Waals surface area contributed by atoms with E-state index in [-0.39, 0.29) is 12.3 Å². The van der Waals surface area contributed by atoms with Crippen LogP contribution in [-0.2, 0) is 11.2 Å². The summed E-state index contributed by atoms with van der Waals surface area (Å²) >= 11 is 0. The highest BCUT2D eigenvalue weighted by molar-refractivity contribution is 5.37. The molecule has 1 aromatic rings. The van der Waals surface area contributed by atoms with Crippen LogP contribution in [0.1, 0.15) is 5.56 Å². The molecule has 0 bridgehead atoms. The van der Waals surface area contributed by atoms with Gasteiger partial charge >= 0.3 is 0 Å². The number of isocyanates is 1. The second-order valence-corrected chi connectivity index (χ2v) is 2.78. The Balaban J connectivity index is 2.96. The van der Waals surface area contributed by atoms with Gasteiger partial charge in [-0.15, -0.1) is 0 Å². The van der Waals surface area contributed by atoms with Crippen LogP contribution >= 0.6 is 0 Å². The summed E-state index contributed by atoms with van der Waals surface area (Å²) in [7, 11) is 1.25. The minimum Gasteiger partial charge on any atom is -0.493 e. The molecule has 3 nitrogen and oxygen atoms in total. The number of rotatable bonds is 4. The molecule has 0 aromatic heterocycles. The maximum atomic E-state index is 13.2. The van der Waals surface area contributed by atoms with Gasteiger partial charge in [-0.25, -0.2) is 14.2 Å². The van der Waals surface area contributed by atoms with Gasteiger partial charge in [0.05, 0.1) is 13.7 Å². The Kier molecular flexibility index (Phi) is 3.94. The van der Waals surface area contributed by atoms with Crippen LogP contribution in [0.3, 0.4) is 0 Å². The second-order valence-electron chi connectivity index (χ2n) is 2.78. The van der Waals surface area contributed by atoms with Crippen molar-refractivity contribution >= 4 is 6.08 Å². The van der Waals surface area contributed by atoms with Crippen molar-refractivity contribution in [3.8, 4) is 5.75 Å². The van der Waals surface area contributed by atoms with E-state index in [0.717, 1.165) is 6.07 Å². The first-order valence-electron chi connectivity index (χ1n) is 4.25. The molecule has 0 aliphatic carbocycles. The van der Waals surface area contributed by atoms with Crippen LogP contribution in [0.15, 0.2) is 17.1 Å². The van der Waals surface area contributed by atoms with Crippen molar-refractivity contribution < 1.29 is 18.3 Å². The van der Waals surface area contributed by atoms with E-state index in [2.05, 4.69) is 4.99 Å². The summed E-state index contributed by atoms with van der Waals surface area (Å²) in [5, 5.41) is 0. The molecule has 0 saturated carbocycles. The highest BCUT2D eigenvalue weighted by Crippen LogP contribution is 2.25. The molecule has 5 heteroatoms. The maximum Gasteiger partial charge on any atom is 0.234 e. The van der Waals surface area contributed by atoms with E-state index in [0.29, 0.717) is 12.0 Å². The molecule has 0 heterocycles. The SMILES string of the molecule is COc1c(CCN=C=O)ccc(F)c1F. The van der Waals surface area contributed by atoms with Crippen LogP contribution in [0.2, 0.25) is 0 Å². The second kappa shape index (κ2) is 5.22. The molecule has 1 rings (SSSR count). The van der Waals surface area contributed by atoms with Crippen LogP contribution < -0.4 is 4.74 Å². The van der Waals surface area contributed by atoms with Gasteiger partial charge in [-0.1, -0.05) is 6.07 Å². The number of halogens is 2. The monoisotopic (exact) mass is 213 g/mol. The molecule has 0 aliphatic heterocycles. The number of ether oxygens (including phenoxy) is 1. The Morgan fingerprint density at radius 2 is 2.20 bits per heavy atom. The van der Waals surface area contributed by atoms with Gasteiger partial charge in [-0.3, -0.25) is 0 Å². The van der Waals surface area contributed by atoms with E-state index in [9.17, 15) is 13.6 Å². The fourth-order valence-electron chi connectivity index (χ4n) is 1.21. The first-order chi connectivity index (χ1) is 7.20. The number of hydrogen-bond acceptors (Lipinski definition) is 3. The van der Waals surface area contributed by atoms with Crippen LogP contribution in [-0.4, -0.2) is 19.7 Å². The number of methoxy groups -OCH3 is 1. The molecule has 15 heavy (non-hydrogen) atoms. The summed E-state index contributed by atoms with van der Waals surface area (Å²) in [6.07, 6.45) is 1.67. The number of nitrogens with zero attached hydrogens (tertiary/aromatic N) is 1. The quantitative estimate of drug-likeness (QED) is 0.565. The lowest BCUT2D eigenvalue weighted by Crippen LogP contribution is -1.99. The summed E-state index contributed by atoms with van der Waals surface area (Å²) in [4.78, 5) is 13.1. The van der Waals surface area contributed by atoms with Gasteiger partial charge in [0.2, 0.25) is 11.9 Å². The van der Waals surface area contributed by atoms with Crippen molar-refractivity contribution in [2.24, 2.45) is 4.99 Å². The fraction of sp³-hybridized carbons (Fsp3) is 0.300. The molecule has 0 spiro atoms. The molecule has 0 fully saturated rings. The van der Waals surface area contributed by atoms with Crippen LogP contribution in [0.4, 0.5) is 8.78 Å². The van der Waals surface area contributed by atoms with Gasteiger partial charge in [-0.2, -0.15) is 4.39 Å². The molecule has 0 aliphatic rings. The average Bonchev–Trinajstić information content (AvgIpc) is 2.24. The summed E-state index contributed by atoms with van der Waals surface area (Å²) < 4.78 is 30.7. The third kappa shape index (κ3) is 2.60. The van der Waals surface area contributed by atoms with Crippen LogP contribution in [0.5, 0.6) is 5.75 Å². The number of carbonyl (C=O) groups excluding carboxylic acids is 1. The topological polar surface area (TPSA) is 38.7 Å². The van der Waals surface area contributed by atoms with Gasteiger partial charge in [0, 0.05) is 0 Å². The average molecular weight is 213 g/mol. The van der Waals surface area contributed by atoms with Crippen molar-refractivity contribution in [1.82, 2.24) is 0 Å². The minimum absolute atomic E-state index is 0.143. The lowest BCUT2D eigenvalue weighted by molar-refractivity contribution is 0.367. The Hall–Kier alpha value is -1.74. The number of hydrogen-bond donors (Lipinski definition) is 0. The van der Waals surface area contributed by atoms with Crippen molar-refractivity contribution in [2.75, 3.05) is 13.7 Å². The molecular formula is C10H9F2NO2. The van der Waals surface area contributed by atoms with Crippen molar-refractivity contribution in [2.45, 2.75) is 6.42 Å². The normalized spacial score (nSPS) is 9.53. The Bertz CT molecular complexity index is 401. The van der Waals surface area contributed by atoms with Crippen LogP contribution in [0, 0.1) is 11.6 Å². The predicted octanol–water partition coefficient (Wildman–Crippen LogP) is 1.85. The zero-order valence-corrected chi connectivity index (χ0v) is 8.09. The van der Waals surface area contributed by atoms with E-state index >= 15 is 0 Å². The predicted molar refractivity (Wildman–Crippen MR) is 49.6 cm³/mol. The molecule has 0 saturated heterocycles. The van der Waals surface area contributed by atoms with E-state index < -0.39 is 11.6 Å². The summed E-state index contributed by atoms with van der Waals surface area (Å²) in [6, 6.07) is 2.41. The molecule has 0 unspecified atom stereocenters. The van der Waals surface area contributed by atoms with Crippen molar-refractivity contribution in [1.29, 1.82) is 0 Å². The van der Waals surface area contributed by atoms with Gasteiger partial charge in [0.1, 0.15) is 0 Å². The standard InChI is InChI=1S/C10H9F2NO2/c1-15-10-7(4-5-13-6-14)2-3-8(11)9(10)12/h2-3H,4-5H2,1H3. The molecule has 0 amide bonds. The largest absolute Gasteiger partial charge is 0.493 e. The number of benzene rings is 1. The maximum absolute atomic E-state index is 13.2. The summed E-state index contributed by atoms with van der Waals surface area (Å²) in [6.45, 7) is 0.172. The lowest BCUT2D eigenvalue weighted by atomic mass is 10.1.